The van der Waals surface area contributed by atoms with Crippen molar-refractivity contribution in [1.82, 2.24) is 15.1 Å². The number of ether oxygens (including phenoxy) is 1. The van der Waals surface area contributed by atoms with Crippen LogP contribution >= 0.6 is 0 Å². The van der Waals surface area contributed by atoms with E-state index in [0.29, 0.717) is 12.1 Å². The highest BCUT2D eigenvalue weighted by molar-refractivity contribution is 5.94. The van der Waals surface area contributed by atoms with E-state index in [-0.39, 0.29) is 24.3 Å². The molecular weight excluding hydrogens is 333 g/mol. The van der Waals surface area contributed by atoms with Gasteiger partial charge >= 0.3 is 0 Å². The standard InChI is InChI=1S/C20H20FN3O2/c1-15(14-26-19-6-3-2-5-18(19)21)23-20(25)17-9-7-16(8-10-17)13-24-12-4-11-22-24/h2-12,15H,13-14H2,1H3,(H,23,25). The Hall–Kier alpha value is -3.15. The van der Waals surface area contributed by atoms with Crippen LogP contribution in [-0.4, -0.2) is 28.3 Å². The van der Waals surface area contributed by atoms with Crippen molar-refractivity contribution in [3.05, 3.63) is 83.9 Å². The van der Waals surface area contributed by atoms with Gasteiger partial charge in [-0.3, -0.25) is 9.48 Å². The predicted molar refractivity (Wildman–Crippen MR) is 96.6 cm³/mol. The molecule has 26 heavy (non-hydrogen) atoms. The molecule has 0 saturated heterocycles. The third kappa shape index (κ3) is 4.69. The number of hydrogen-bond donors (Lipinski definition) is 1. The molecule has 1 unspecified atom stereocenters. The van der Waals surface area contributed by atoms with Crippen LogP contribution in [0.2, 0.25) is 0 Å². The van der Waals surface area contributed by atoms with Crippen molar-refractivity contribution in [2.75, 3.05) is 6.61 Å². The van der Waals surface area contributed by atoms with E-state index >= 15 is 0 Å². The second kappa shape index (κ2) is 8.29. The number of hydrogen-bond acceptors (Lipinski definition) is 3. The molecule has 0 bridgehead atoms. The third-order valence-corrected chi connectivity index (χ3v) is 3.82. The number of nitrogens with one attached hydrogen (secondary N) is 1. The normalized spacial score (nSPS) is 11.8. The maximum atomic E-state index is 13.5. The molecule has 134 valence electrons. The van der Waals surface area contributed by atoms with Gasteiger partial charge in [0, 0.05) is 18.0 Å². The number of para-hydroxylation sites is 1. The molecule has 1 atom stereocenters. The van der Waals surface area contributed by atoms with Crippen LogP contribution in [0.15, 0.2) is 67.0 Å². The van der Waals surface area contributed by atoms with E-state index in [1.165, 1.54) is 6.07 Å². The van der Waals surface area contributed by atoms with Gasteiger partial charge in [-0.15, -0.1) is 0 Å². The molecule has 5 nitrogen and oxygen atoms in total. The van der Waals surface area contributed by atoms with E-state index in [0.717, 1.165) is 5.56 Å². The maximum Gasteiger partial charge on any atom is 0.251 e. The molecule has 0 radical (unpaired) electrons. The zero-order valence-electron chi connectivity index (χ0n) is 14.4. The Morgan fingerprint density at radius 2 is 1.96 bits per heavy atom. The molecule has 1 N–H and O–H groups in total. The lowest BCUT2D eigenvalue weighted by molar-refractivity contribution is 0.0926. The number of benzene rings is 2. The predicted octanol–water partition coefficient (Wildman–Crippen LogP) is 3.27. The van der Waals surface area contributed by atoms with Crippen LogP contribution in [0.1, 0.15) is 22.8 Å². The van der Waals surface area contributed by atoms with Gasteiger partial charge in [0.25, 0.3) is 5.91 Å². The zero-order chi connectivity index (χ0) is 18.4. The molecule has 0 fully saturated rings. The fourth-order valence-corrected chi connectivity index (χ4v) is 2.47. The quantitative estimate of drug-likeness (QED) is 0.709. The number of aromatic nitrogens is 2. The van der Waals surface area contributed by atoms with E-state index < -0.39 is 5.82 Å². The minimum absolute atomic E-state index is 0.177. The first kappa shape index (κ1) is 17.7. The number of carbonyl (C=O) groups is 1. The summed E-state index contributed by atoms with van der Waals surface area (Å²) in [7, 11) is 0. The summed E-state index contributed by atoms with van der Waals surface area (Å²) in [6, 6.07) is 15.2. The lowest BCUT2D eigenvalue weighted by atomic mass is 10.1. The number of halogens is 1. The highest BCUT2D eigenvalue weighted by atomic mass is 19.1. The van der Waals surface area contributed by atoms with Gasteiger partial charge in [-0.2, -0.15) is 5.10 Å². The van der Waals surface area contributed by atoms with Crippen LogP contribution in [0.25, 0.3) is 0 Å². The Morgan fingerprint density at radius 1 is 1.19 bits per heavy atom. The molecule has 1 amide bonds. The molecule has 1 aromatic heterocycles. The summed E-state index contributed by atoms with van der Waals surface area (Å²) in [6.07, 6.45) is 3.62. The van der Waals surface area contributed by atoms with E-state index in [2.05, 4.69) is 10.4 Å². The topological polar surface area (TPSA) is 56.1 Å². The van der Waals surface area contributed by atoms with Crippen molar-refractivity contribution >= 4 is 5.91 Å². The lowest BCUT2D eigenvalue weighted by Crippen LogP contribution is -2.36. The van der Waals surface area contributed by atoms with Crippen molar-refractivity contribution in [2.24, 2.45) is 0 Å². The van der Waals surface area contributed by atoms with Crippen LogP contribution in [0, 0.1) is 5.82 Å². The Bertz CT molecular complexity index is 848. The summed E-state index contributed by atoms with van der Waals surface area (Å²) in [4.78, 5) is 12.3. The Morgan fingerprint density at radius 3 is 2.65 bits per heavy atom. The smallest absolute Gasteiger partial charge is 0.251 e. The molecule has 3 rings (SSSR count). The molecule has 0 aliphatic carbocycles. The fraction of sp³-hybridized carbons (Fsp3) is 0.200. The van der Waals surface area contributed by atoms with E-state index in [9.17, 15) is 9.18 Å². The van der Waals surface area contributed by atoms with Crippen molar-refractivity contribution in [2.45, 2.75) is 19.5 Å². The van der Waals surface area contributed by atoms with Crippen LogP contribution in [-0.2, 0) is 6.54 Å². The van der Waals surface area contributed by atoms with Gasteiger partial charge in [0.1, 0.15) is 6.61 Å². The zero-order valence-corrected chi connectivity index (χ0v) is 14.4. The SMILES string of the molecule is CC(COc1ccccc1F)NC(=O)c1ccc(Cn2cccn2)cc1. The molecule has 0 spiro atoms. The summed E-state index contributed by atoms with van der Waals surface area (Å²) in [5, 5.41) is 7.00. The van der Waals surface area contributed by atoms with Gasteiger partial charge in [0.2, 0.25) is 0 Å². The molecule has 0 aliphatic heterocycles. The first-order valence-electron chi connectivity index (χ1n) is 8.36. The Labute approximate surface area is 151 Å². The largest absolute Gasteiger partial charge is 0.488 e. The molecule has 6 heteroatoms. The van der Waals surface area contributed by atoms with E-state index in [1.807, 2.05) is 36.0 Å². The monoisotopic (exact) mass is 353 g/mol. The van der Waals surface area contributed by atoms with Crippen molar-refractivity contribution < 1.29 is 13.9 Å². The summed E-state index contributed by atoms with van der Waals surface area (Å²) in [6.45, 7) is 2.65. The molecule has 1 heterocycles. The second-order valence-electron chi connectivity index (χ2n) is 6.02. The Balaban J connectivity index is 1.51. The number of nitrogens with zero attached hydrogens (tertiary/aromatic N) is 2. The van der Waals surface area contributed by atoms with Gasteiger partial charge < -0.3 is 10.1 Å². The van der Waals surface area contributed by atoms with Crippen molar-refractivity contribution in [3.63, 3.8) is 0 Å². The van der Waals surface area contributed by atoms with E-state index in [4.69, 9.17) is 4.74 Å². The molecule has 0 saturated carbocycles. The van der Waals surface area contributed by atoms with Crippen LogP contribution in [0.5, 0.6) is 5.75 Å². The molecule has 0 aliphatic rings. The maximum absolute atomic E-state index is 13.5. The second-order valence-corrected chi connectivity index (χ2v) is 6.02. The van der Waals surface area contributed by atoms with Crippen LogP contribution in [0.3, 0.4) is 0 Å². The first-order chi connectivity index (χ1) is 12.6. The van der Waals surface area contributed by atoms with Gasteiger partial charge in [0.05, 0.1) is 12.6 Å². The van der Waals surface area contributed by atoms with Crippen LogP contribution < -0.4 is 10.1 Å². The minimum Gasteiger partial charge on any atom is -0.488 e. The summed E-state index contributed by atoms with van der Waals surface area (Å²) in [5.74, 6) is -0.435. The first-order valence-corrected chi connectivity index (χ1v) is 8.36. The average molecular weight is 353 g/mol. The summed E-state index contributed by atoms with van der Waals surface area (Å²) >= 11 is 0. The summed E-state index contributed by atoms with van der Waals surface area (Å²) in [5.41, 5.74) is 1.62. The van der Waals surface area contributed by atoms with Gasteiger partial charge in [-0.1, -0.05) is 24.3 Å². The van der Waals surface area contributed by atoms with Gasteiger partial charge in [-0.25, -0.2) is 4.39 Å². The highest BCUT2D eigenvalue weighted by Crippen LogP contribution is 2.15. The Kier molecular flexibility index (Phi) is 5.63. The highest BCUT2D eigenvalue weighted by Gasteiger charge is 2.11. The number of rotatable bonds is 7. The molecular formula is C20H20FN3O2. The fourth-order valence-electron chi connectivity index (χ4n) is 2.47. The van der Waals surface area contributed by atoms with Crippen molar-refractivity contribution in [3.8, 4) is 5.75 Å². The lowest BCUT2D eigenvalue weighted by Gasteiger charge is -2.15. The molecule has 2 aromatic carbocycles. The van der Waals surface area contributed by atoms with Crippen molar-refractivity contribution in [1.29, 1.82) is 0 Å². The minimum atomic E-state index is -0.418. The summed E-state index contributed by atoms with van der Waals surface area (Å²) < 4.78 is 20.8. The average Bonchev–Trinajstić information content (AvgIpc) is 3.14. The van der Waals surface area contributed by atoms with Gasteiger partial charge in [-0.05, 0) is 42.8 Å². The molecule has 3 aromatic rings. The number of carbonyl (C=O) groups excluding carboxylic acids is 1. The van der Waals surface area contributed by atoms with Crippen LogP contribution in [0.4, 0.5) is 4.39 Å². The van der Waals surface area contributed by atoms with Gasteiger partial charge in [0.15, 0.2) is 11.6 Å². The van der Waals surface area contributed by atoms with E-state index in [1.54, 1.807) is 36.5 Å². The number of amides is 1. The third-order valence-electron chi connectivity index (χ3n) is 3.82.